The first kappa shape index (κ1) is 17.0. The Labute approximate surface area is 132 Å². The molecule has 1 amide bonds. The smallest absolute Gasteiger partial charge is 0.237 e. The van der Waals surface area contributed by atoms with Gasteiger partial charge in [0.25, 0.3) is 0 Å². The molecular weight excluding hydrogens is 280 g/mol. The number of nitrogens with zero attached hydrogens (tertiary/aromatic N) is 3. The van der Waals surface area contributed by atoms with Crippen LogP contribution in [0, 0.1) is 0 Å². The number of hydrogen-bond donors (Lipinski definition) is 1. The van der Waals surface area contributed by atoms with Crippen molar-refractivity contribution in [2.24, 2.45) is 0 Å². The number of hydrogen-bond acceptors (Lipinski definition) is 4. The normalized spacial score (nSPS) is 17.3. The molecule has 1 aromatic rings. The Morgan fingerprint density at radius 1 is 1.27 bits per heavy atom. The third-order valence-corrected chi connectivity index (χ3v) is 4.17. The number of morpholine rings is 1. The number of imidazole rings is 1. The second kappa shape index (κ2) is 9.58. The summed E-state index contributed by atoms with van der Waals surface area (Å²) >= 11 is 0. The van der Waals surface area contributed by atoms with Crippen LogP contribution in [0.15, 0.2) is 18.7 Å². The maximum absolute atomic E-state index is 12.1. The Kier molecular flexibility index (Phi) is 7.39. The SMILES string of the molecule is CC(C(=O)NCCCCCCn1ccnc1)N1CCOCC1. The van der Waals surface area contributed by atoms with Gasteiger partial charge >= 0.3 is 0 Å². The van der Waals surface area contributed by atoms with Crippen LogP contribution >= 0.6 is 0 Å². The van der Waals surface area contributed by atoms with Crippen LogP contribution in [0.1, 0.15) is 32.6 Å². The molecule has 0 radical (unpaired) electrons. The maximum Gasteiger partial charge on any atom is 0.237 e. The van der Waals surface area contributed by atoms with Gasteiger partial charge in [-0.15, -0.1) is 0 Å². The zero-order valence-corrected chi connectivity index (χ0v) is 13.5. The van der Waals surface area contributed by atoms with Crippen molar-refractivity contribution < 1.29 is 9.53 Å². The molecule has 0 bridgehead atoms. The number of carbonyl (C=O) groups is 1. The fourth-order valence-electron chi connectivity index (χ4n) is 2.68. The van der Waals surface area contributed by atoms with Crippen LogP contribution in [0.2, 0.25) is 0 Å². The van der Waals surface area contributed by atoms with E-state index in [1.54, 1.807) is 0 Å². The quantitative estimate of drug-likeness (QED) is 0.698. The topological polar surface area (TPSA) is 59.4 Å². The molecule has 1 N–H and O–H groups in total. The molecule has 6 nitrogen and oxygen atoms in total. The number of amides is 1. The largest absolute Gasteiger partial charge is 0.379 e. The minimum Gasteiger partial charge on any atom is -0.379 e. The molecule has 1 atom stereocenters. The van der Waals surface area contributed by atoms with E-state index in [0.29, 0.717) is 0 Å². The molecule has 1 aromatic heterocycles. The summed E-state index contributed by atoms with van der Waals surface area (Å²) < 4.78 is 7.42. The molecule has 0 saturated carbocycles. The first-order valence-corrected chi connectivity index (χ1v) is 8.32. The fraction of sp³-hybridized carbons (Fsp3) is 0.750. The zero-order valence-electron chi connectivity index (χ0n) is 13.5. The number of rotatable bonds is 9. The zero-order chi connectivity index (χ0) is 15.6. The highest BCUT2D eigenvalue weighted by molar-refractivity contribution is 5.81. The molecule has 124 valence electrons. The van der Waals surface area contributed by atoms with Gasteiger partial charge in [-0.2, -0.15) is 0 Å². The third kappa shape index (κ3) is 5.77. The predicted octanol–water partition coefficient (Wildman–Crippen LogP) is 1.28. The lowest BCUT2D eigenvalue weighted by molar-refractivity contribution is -0.127. The van der Waals surface area contributed by atoms with E-state index in [-0.39, 0.29) is 11.9 Å². The van der Waals surface area contributed by atoms with Crippen LogP contribution in [0.5, 0.6) is 0 Å². The van der Waals surface area contributed by atoms with E-state index in [1.165, 1.54) is 6.42 Å². The highest BCUT2D eigenvalue weighted by Gasteiger charge is 2.22. The van der Waals surface area contributed by atoms with E-state index in [4.69, 9.17) is 4.74 Å². The first-order chi connectivity index (χ1) is 10.8. The van der Waals surface area contributed by atoms with E-state index in [0.717, 1.165) is 58.7 Å². The third-order valence-electron chi connectivity index (χ3n) is 4.17. The van der Waals surface area contributed by atoms with Gasteiger partial charge in [-0.25, -0.2) is 4.98 Å². The van der Waals surface area contributed by atoms with Crippen molar-refractivity contribution in [3.8, 4) is 0 Å². The van der Waals surface area contributed by atoms with Gasteiger partial charge in [-0.3, -0.25) is 9.69 Å². The molecule has 1 fully saturated rings. The molecule has 2 heterocycles. The van der Waals surface area contributed by atoms with Crippen LogP contribution < -0.4 is 5.32 Å². The van der Waals surface area contributed by atoms with Crippen molar-refractivity contribution in [3.63, 3.8) is 0 Å². The highest BCUT2D eigenvalue weighted by Crippen LogP contribution is 2.04. The lowest BCUT2D eigenvalue weighted by Gasteiger charge is -2.31. The average Bonchev–Trinajstić information content (AvgIpc) is 3.07. The van der Waals surface area contributed by atoms with Gasteiger partial charge in [0.1, 0.15) is 0 Å². The van der Waals surface area contributed by atoms with Crippen molar-refractivity contribution in [2.45, 2.75) is 45.2 Å². The Morgan fingerprint density at radius 2 is 2.05 bits per heavy atom. The second-order valence-electron chi connectivity index (χ2n) is 5.83. The van der Waals surface area contributed by atoms with Gasteiger partial charge < -0.3 is 14.6 Å². The minimum absolute atomic E-state index is 0.0508. The number of nitrogens with one attached hydrogen (secondary N) is 1. The summed E-state index contributed by atoms with van der Waals surface area (Å²) in [5, 5.41) is 3.05. The van der Waals surface area contributed by atoms with E-state index in [1.807, 2.05) is 25.6 Å². The standard InChI is InChI=1S/C16H28N4O2/c1-15(20-10-12-22-13-11-20)16(21)18-6-4-2-3-5-8-19-9-7-17-14-19/h7,9,14-15H,2-6,8,10-13H2,1H3,(H,18,21). The number of carbonyl (C=O) groups excluding carboxylic acids is 1. The van der Waals surface area contributed by atoms with Crippen molar-refractivity contribution in [2.75, 3.05) is 32.8 Å². The van der Waals surface area contributed by atoms with Gasteiger partial charge in [0.2, 0.25) is 5.91 Å². The number of unbranched alkanes of at least 4 members (excludes halogenated alkanes) is 3. The van der Waals surface area contributed by atoms with E-state index in [9.17, 15) is 4.79 Å². The first-order valence-electron chi connectivity index (χ1n) is 8.32. The summed E-state index contributed by atoms with van der Waals surface area (Å²) in [7, 11) is 0. The van der Waals surface area contributed by atoms with E-state index in [2.05, 4.69) is 19.8 Å². The molecule has 0 spiro atoms. The van der Waals surface area contributed by atoms with Gasteiger partial charge in [-0.1, -0.05) is 12.8 Å². The van der Waals surface area contributed by atoms with Crippen LogP contribution in [-0.4, -0.2) is 59.2 Å². The summed E-state index contributed by atoms with van der Waals surface area (Å²) in [6.07, 6.45) is 10.2. The lowest BCUT2D eigenvalue weighted by Crippen LogP contribution is -2.49. The van der Waals surface area contributed by atoms with E-state index >= 15 is 0 Å². The van der Waals surface area contributed by atoms with Gasteiger partial charge in [0.05, 0.1) is 25.6 Å². The van der Waals surface area contributed by atoms with Crippen molar-refractivity contribution in [1.82, 2.24) is 19.8 Å². The molecule has 2 rings (SSSR count). The molecule has 0 aliphatic carbocycles. The molecule has 1 unspecified atom stereocenters. The van der Waals surface area contributed by atoms with Crippen molar-refractivity contribution in [1.29, 1.82) is 0 Å². The van der Waals surface area contributed by atoms with Gasteiger partial charge in [-0.05, 0) is 19.8 Å². The molecule has 1 aliphatic heterocycles. The Balaban J connectivity index is 1.48. The number of ether oxygens (including phenoxy) is 1. The molecule has 6 heteroatoms. The maximum atomic E-state index is 12.1. The highest BCUT2D eigenvalue weighted by atomic mass is 16.5. The van der Waals surface area contributed by atoms with Crippen LogP contribution in [0.4, 0.5) is 0 Å². The molecular formula is C16H28N4O2. The summed E-state index contributed by atoms with van der Waals surface area (Å²) in [5.41, 5.74) is 0. The lowest BCUT2D eigenvalue weighted by atomic mass is 10.2. The minimum atomic E-state index is -0.0508. The Bertz CT molecular complexity index is 416. The van der Waals surface area contributed by atoms with Gasteiger partial charge in [0.15, 0.2) is 0 Å². The Morgan fingerprint density at radius 3 is 2.77 bits per heavy atom. The number of aromatic nitrogens is 2. The Hall–Kier alpha value is -1.40. The molecule has 1 aliphatic rings. The fourth-order valence-corrected chi connectivity index (χ4v) is 2.68. The van der Waals surface area contributed by atoms with E-state index < -0.39 is 0 Å². The van der Waals surface area contributed by atoms with Gasteiger partial charge in [0, 0.05) is 38.6 Å². The van der Waals surface area contributed by atoms with Crippen LogP contribution in [0.3, 0.4) is 0 Å². The van der Waals surface area contributed by atoms with Crippen molar-refractivity contribution in [3.05, 3.63) is 18.7 Å². The second-order valence-corrected chi connectivity index (χ2v) is 5.83. The average molecular weight is 308 g/mol. The van der Waals surface area contributed by atoms with Crippen LogP contribution in [0.25, 0.3) is 0 Å². The molecule has 1 saturated heterocycles. The molecule has 0 aromatic carbocycles. The predicted molar refractivity (Wildman–Crippen MR) is 85.6 cm³/mol. The summed E-state index contributed by atoms with van der Waals surface area (Å²) in [6, 6.07) is -0.0508. The van der Waals surface area contributed by atoms with Crippen LogP contribution in [-0.2, 0) is 16.1 Å². The monoisotopic (exact) mass is 308 g/mol. The number of aryl methyl sites for hydroxylation is 1. The summed E-state index contributed by atoms with van der Waals surface area (Å²) in [4.78, 5) is 18.3. The molecule has 22 heavy (non-hydrogen) atoms. The van der Waals surface area contributed by atoms with Crippen molar-refractivity contribution >= 4 is 5.91 Å². The summed E-state index contributed by atoms with van der Waals surface area (Å²) in [6.45, 7) is 6.94. The summed E-state index contributed by atoms with van der Waals surface area (Å²) in [5.74, 6) is 0.139.